The number of aromatic amines is 1. The average Bonchev–Trinajstić information content (AvgIpc) is 3.41. The van der Waals surface area contributed by atoms with Crippen LogP contribution >= 0.6 is 11.3 Å². The van der Waals surface area contributed by atoms with E-state index in [1.807, 2.05) is 24.3 Å². The van der Waals surface area contributed by atoms with E-state index in [0.717, 1.165) is 17.8 Å². The molecule has 0 amide bonds. The van der Waals surface area contributed by atoms with Crippen molar-refractivity contribution in [2.45, 2.75) is 37.8 Å². The largest absolute Gasteiger partial charge is 0.506 e. The molecule has 18 heteroatoms. The number of hydrogen-bond acceptors (Lipinski definition) is 8. The van der Waals surface area contributed by atoms with Crippen molar-refractivity contribution >= 4 is 33.5 Å². The average molecular weight is 710 g/mol. The van der Waals surface area contributed by atoms with Gasteiger partial charge in [0, 0.05) is 18.7 Å². The Bertz CT molecular complexity index is 1680. The Labute approximate surface area is 271 Å². The number of hydrogen-bond donors (Lipinski definition) is 7. The van der Waals surface area contributed by atoms with Crippen molar-refractivity contribution in [3.63, 3.8) is 0 Å². The Balaban J connectivity index is 0.000000479. The predicted octanol–water partition coefficient (Wildman–Crippen LogP) is 4.90. The molecule has 1 heterocycles. The third kappa shape index (κ3) is 12.9. The maximum atomic E-state index is 13.8. The standard InChI is InChI=1S/C26H28FN3O3S.2C2HF3O2/c27-21-8-4-3-6-18(21)12-14-28-15-19-7-2-1-5-17(19)11-13-29-16-23(32)20-9-10-22(31)24-25(20)34-26(33)30-24;2*3-2(4,5)1(6)7/h1-10,23,28-29,31-32H,11-16H2,(H,30,33);2*(H,6,7)/t23-;;/m0../s1. The molecule has 0 spiro atoms. The highest BCUT2D eigenvalue weighted by molar-refractivity contribution is 7.16. The van der Waals surface area contributed by atoms with Crippen molar-refractivity contribution in [2.75, 3.05) is 19.6 Å². The zero-order valence-corrected chi connectivity index (χ0v) is 25.5. The molecule has 0 unspecified atom stereocenters. The maximum Gasteiger partial charge on any atom is 0.490 e. The number of aliphatic hydroxyl groups is 1. The van der Waals surface area contributed by atoms with E-state index in [-0.39, 0.29) is 16.4 Å². The third-order valence-electron chi connectivity index (χ3n) is 6.30. The van der Waals surface area contributed by atoms with Crippen LogP contribution in [0.15, 0.2) is 65.5 Å². The maximum absolute atomic E-state index is 13.8. The summed E-state index contributed by atoms with van der Waals surface area (Å²) in [7, 11) is 0. The summed E-state index contributed by atoms with van der Waals surface area (Å²) in [6.07, 6.45) is -9.54. The number of H-pyrrole nitrogens is 1. The summed E-state index contributed by atoms with van der Waals surface area (Å²) in [5, 5.41) is 41.5. The van der Waals surface area contributed by atoms with Gasteiger partial charge in [0.25, 0.3) is 0 Å². The van der Waals surface area contributed by atoms with E-state index in [4.69, 9.17) is 19.8 Å². The predicted molar refractivity (Wildman–Crippen MR) is 161 cm³/mol. The lowest BCUT2D eigenvalue weighted by molar-refractivity contribution is -0.193. The minimum absolute atomic E-state index is 0.00335. The van der Waals surface area contributed by atoms with E-state index in [9.17, 15) is 45.7 Å². The molecule has 3 aromatic carbocycles. The van der Waals surface area contributed by atoms with Crippen LogP contribution < -0.4 is 15.5 Å². The lowest BCUT2D eigenvalue weighted by Crippen LogP contribution is -2.24. The van der Waals surface area contributed by atoms with Crippen LogP contribution in [0.25, 0.3) is 10.2 Å². The number of carbonyl (C=O) groups is 2. The van der Waals surface area contributed by atoms with Gasteiger partial charge in [-0.15, -0.1) is 0 Å². The normalized spacial score (nSPS) is 12.0. The second-order valence-electron chi connectivity index (χ2n) is 9.76. The number of fused-ring (bicyclic) bond motifs is 1. The molecular formula is C30H30F7N3O7S. The lowest BCUT2D eigenvalue weighted by atomic mass is 10.0. The minimum atomic E-state index is -5.08. The summed E-state index contributed by atoms with van der Waals surface area (Å²) in [4.78, 5) is 31.8. The molecule has 1 aromatic heterocycles. The number of aliphatic carboxylic acids is 2. The van der Waals surface area contributed by atoms with Gasteiger partial charge in [-0.05, 0) is 54.8 Å². The van der Waals surface area contributed by atoms with Gasteiger partial charge in [-0.2, -0.15) is 26.3 Å². The van der Waals surface area contributed by atoms with Crippen LogP contribution in [0.2, 0.25) is 0 Å². The van der Waals surface area contributed by atoms with Crippen LogP contribution in [-0.4, -0.2) is 69.3 Å². The second kappa shape index (κ2) is 18.1. The molecule has 4 aromatic rings. The van der Waals surface area contributed by atoms with Gasteiger partial charge in [0.15, 0.2) is 0 Å². The highest BCUT2D eigenvalue weighted by Gasteiger charge is 2.38. The molecule has 7 N–H and O–H groups in total. The first-order chi connectivity index (χ1) is 22.4. The van der Waals surface area contributed by atoms with Crippen LogP contribution in [0, 0.1) is 5.82 Å². The quantitative estimate of drug-likeness (QED) is 0.0846. The fourth-order valence-corrected chi connectivity index (χ4v) is 4.91. The number of carboxylic acids is 2. The van der Waals surface area contributed by atoms with E-state index in [1.54, 1.807) is 12.1 Å². The summed E-state index contributed by atoms with van der Waals surface area (Å²) < 4.78 is 77.8. The topological polar surface area (TPSA) is 172 Å². The van der Waals surface area contributed by atoms with Gasteiger partial charge in [-0.1, -0.05) is 59.9 Å². The molecule has 262 valence electrons. The molecule has 48 heavy (non-hydrogen) atoms. The van der Waals surface area contributed by atoms with Crippen molar-refractivity contribution in [1.29, 1.82) is 0 Å². The van der Waals surface area contributed by atoms with Crippen LogP contribution in [0.4, 0.5) is 30.7 Å². The van der Waals surface area contributed by atoms with Crippen molar-refractivity contribution in [3.05, 3.63) is 98.4 Å². The van der Waals surface area contributed by atoms with Gasteiger partial charge in [-0.3, -0.25) is 4.79 Å². The van der Waals surface area contributed by atoms with Gasteiger partial charge < -0.3 is 36.0 Å². The summed E-state index contributed by atoms with van der Waals surface area (Å²) in [6.45, 7) is 2.39. The fourth-order valence-electron chi connectivity index (χ4n) is 3.99. The molecule has 0 bridgehead atoms. The molecule has 4 rings (SSSR count). The number of phenols is 1. The number of rotatable bonds is 11. The first kappa shape index (κ1) is 39.7. The Morgan fingerprint density at radius 1 is 0.792 bits per heavy atom. The van der Waals surface area contributed by atoms with Crippen LogP contribution in [-0.2, 0) is 29.0 Å². The lowest BCUT2D eigenvalue weighted by Gasteiger charge is -2.15. The van der Waals surface area contributed by atoms with Gasteiger partial charge in [0.2, 0.25) is 0 Å². The van der Waals surface area contributed by atoms with Crippen LogP contribution in [0.1, 0.15) is 28.4 Å². The van der Waals surface area contributed by atoms with Crippen molar-refractivity contribution in [3.8, 4) is 5.75 Å². The number of phenolic OH excluding ortho intramolecular Hbond substituents is 1. The van der Waals surface area contributed by atoms with Crippen LogP contribution in [0.5, 0.6) is 5.75 Å². The smallest absolute Gasteiger partial charge is 0.490 e. The summed E-state index contributed by atoms with van der Waals surface area (Å²) in [6, 6.07) is 18.2. The number of carboxylic acid groups (broad SMARTS) is 2. The van der Waals surface area contributed by atoms with Gasteiger partial charge in [0.1, 0.15) is 17.1 Å². The van der Waals surface area contributed by atoms with Gasteiger partial charge in [-0.25, -0.2) is 14.0 Å². The van der Waals surface area contributed by atoms with E-state index in [1.165, 1.54) is 23.3 Å². The highest BCUT2D eigenvalue weighted by atomic mass is 32.1. The molecular weight excluding hydrogens is 679 g/mol. The zero-order valence-electron chi connectivity index (χ0n) is 24.7. The second-order valence-corrected chi connectivity index (χ2v) is 10.7. The Hall–Kier alpha value is -4.52. The number of alkyl halides is 6. The van der Waals surface area contributed by atoms with E-state index < -0.39 is 30.4 Å². The molecule has 0 aliphatic carbocycles. The first-order valence-electron chi connectivity index (χ1n) is 13.8. The van der Waals surface area contributed by atoms with Crippen molar-refractivity contribution in [1.82, 2.24) is 15.6 Å². The zero-order chi connectivity index (χ0) is 36.1. The number of thiazole rings is 1. The monoisotopic (exact) mass is 709 g/mol. The van der Waals surface area contributed by atoms with Crippen molar-refractivity contribution in [2.24, 2.45) is 0 Å². The molecule has 0 saturated carbocycles. The highest BCUT2D eigenvalue weighted by Crippen LogP contribution is 2.31. The molecule has 0 fully saturated rings. The van der Waals surface area contributed by atoms with Gasteiger partial charge in [0.05, 0.1) is 10.8 Å². The number of nitrogens with one attached hydrogen (secondary N) is 3. The molecule has 10 nitrogen and oxygen atoms in total. The SMILES string of the molecule is O=C(O)C(F)(F)F.O=C(O)C(F)(F)F.O=c1[nH]c2c(O)ccc([C@@H](O)CNCCc3ccccc3CNCCc3ccccc3F)c2s1. The summed E-state index contributed by atoms with van der Waals surface area (Å²) >= 11 is 0.981. The van der Waals surface area contributed by atoms with E-state index >= 15 is 0 Å². The molecule has 0 saturated heterocycles. The molecule has 0 aliphatic heterocycles. The summed E-state index contributed by atoms with van der Waals surface area (Å²) in [5.74, 6) is -5.69. The molecule has 0 radical (unpaired) electrons. The van der Waals surface area contributed by atoms with Crippen molar-refractivity contribution < 1.29 is 60.7 Å². The Morgan fingerprint density at radius 2 is 1.29 bits per heavy atom. The number of aliphatic hydroxyl groups excluding tert-OH is 1. The fraction of sp³-hybridized carbons (Fsp3) is 0.300. The first-order valence-corrected chi connectivity index (χ1v) is 14.6. The number of aromatic hydroxyl groups is 1. The van der Waals surface area contributed by atoms with E-state index in [2.05, 4.69) is 27.8 Å². The minimum Gasteiger partial charge on any atom is -0.506 e. The van der Waals surface area contributed by atoms with Gasteiger partial charge >= 0.3 is 29.2 Å². The Kier molecular flexibility index (Phi) is 15.0. The molecule has 1 atom stereocenters. The van der Waals surface area contributed by atoms with E-state index in [0.29, 0.717) is 53.9 Å². The number of benzene rings is 3. The van der Waals surface area contributed by atoms with Crippen LogP contribution in [0.3, 0.4) is 0 Å². The Morgan fingerprint density at radius 3 is 1.85 bits per heavy atom. The molecule has 0 aliphatic rings. The third-order valence-corrected chi connectivity index (χ3v) is 7.23. The number of aromatic nitrogens is 1. The summed E-state index contributed by atoms with van der Waals surface area (Å²) in [5.41, 5.74) is 4.09. The number of halogens is 7.